The number of aliphatic hydroxyl groups excluding tert-OH is 1. The van der Waals surface area contributed by atoms with E-state index in [1.807, 2.05) is 0 Å². The smallest absolute Gasteiger partial charge is 0.350 e. The van der Waals surface area contributed by atoms with E-state index in [2.05, 4.69) is 4.98 Å². The first-order valence-electron chi connectivity index (χ1n) is 13.2. The van der Waals surface area contributed by atoms with E-state index >= 15 is 0 Å². The van der Waals surface area contributed by atoms with Crippen LogP contribution in [-0.4, -0.2) is 57.5 Å². The SMILES string of the molecule is O=C(OC[C@H]1O[C@@H](n2ccc(/C=C\O)nc2=O)[C@H](OC(=O)c2ccccc2)[C@@H]1OC(=O)c1ccccc1)c1ccccc1. The lowest BCUT2D eigenvalue weighted by molar-refractivity contribution is -0.0639. The lowest BCUT2D eigenvalue weighted by Crippen LogP contribution is -2.42. The van der Waals surface area contributed by atoms with E-state index < -0.39 is 54.7 Å². The van der Waals surface area contributed by atoms with Crippen LogP contribution in [0.2, 0.25) is 0 Å². The highest BCUT2D eigenvalue weighted by molar-refractivity contribution is 5.91. The molecule has 218 valence electrons. The number of nitrogens with zero attached hydrogens (tertiary/aromatic N) is 2. The minimum absolute atomic E-state index is 0.167. The summed E-state index contributed by atoms with van der Waals surface area (Å²) in [7, 11) is 0. The summed E-state index contributed by atoms with van der Waals surface area (Å²) >= 11 is 0. The van der Waals surface area contributed by atoms with Crippen LogP contribution in [0.1, 0.15) is 43.0 Å². The lowest BCUT2D eigenvalue weighted by Gasteiger charge is -2.25. The van der Waals surface area contributed by atoms with Gasteiger partial charge in [0.1, 0.15) is 12.7 Å². The predicted molar refractivity (Wildman–Crippen MR) is 152 cm³/mol. The van der Waals surface area contributed by atoms with E-state index in [0.29, 0.717) is 0 Å². The molecule has 1 aromatic heterocycles. The molecule has 1 fully saturated rings. The highest BCUT2D eigenvalue weighted by Gasteiger charge is 2.51. The third-order valence-corrected chi connectivity index (χ3v) is 6.55. The van der Waals surface area contributed by atoms with Gasteiger partial charge in [-0.15, -0.1) is 0 Å². The normalized spacial score (nSPS) is 19.5. The van der Waals surface area contributed by atoms with Crippen molar-refractivity contribution in [3.05, 3.63) is 142 Å². The second kappa shape index (κ2) is 13.4. The second-order valence-corrected chi connectivity index (χ2v) is 9.36. The zero-order valence-electron chi connectivity index (χ0n) is 22.6. The summed E-state index contributed by atoms with van der Waals surface area (Å²) in [5.41, 5.74) is 0.0895. The Balaban J connectivity index is 1.51. The standard InChI is InChI=1S/C32H26N2O9/c35-19-17-24-16-18-34(32(39)33-24)28-27(43-31(38)23-14-8-3-9-15-23)26(42-30(37)22-12-6-2-7-13-22)25(41-28)20-40-29(36)21-10-4-1-5-11-21/h1-19,25-28,35H,20H2/b19-17-/t25-,26-,27-,28-/m1/s1. The highest BCUT2D eigenvalue weighted by atomic mass is 16.7. The van der Waals surface area contributed by atoms with Crippen LogP contribution in [0.15, 0.2) is 114 Å². The Morgan fingerprint density at radius 3 is 1.79 bits per heavy atom. The van der Waals surface area contributed by atoms with Crippen molar-refractivity contribution >= 4 is 24.0 Å². The van der Waals surface area contributed by atoms with Crippen LogP contribution < -0.4 is 5.69 Å². The molecular formula is C32H26N2O9. The van der Waals surface area contributed by atoms with Crippen LogP contribution in [-0.2, 0) is 18.9 Å². The third-order valence-electron chi connectivity index (χ3n) is 6.55. The number of carbonyl (C=O) groups is 3. The summed E-state index contributed by atoms with van der Waals surface area (Å²) < 4.78 is 24.4. The Hall–Kier alpha value is -5.55. The van der Waals surface area contributed by atoms with Crippen LogP contribution in [0, 0.1) is 0 Å². The molecule has 1 aliphatic heterocycles. The Morgan fingerprint density at radius 2 is 1.28 bits per heavy atom. The van der Waals surface area contributed by atoms with Crippen molar-refractivity contribution < 1.29 is 38.4 Å². The molecule has 0 amide bonds. The molecule has 1 saturated heterocycles. The van der Waals surface area contributed by atoms with E-state index in [0.717, 1.165) is 10.8 Å². The summed E-state index contributed by atoms with van der Waals surface area (Å²) in [6, 6.07) is 26.0. The van der Waals surface area contributed by atoms with Crippen LogP contribution >= 0.6 is 0 Å². The monoisotopic (exact) mass is 582 g/mol. The Bertz CT molecular complexity index is 1660. The fourth-order valence-electron chi connectivity index (χ4n) is 4.47. The predicted octanol–water partition coefficient (Wildman–Crippen LogP) is 3.98. The molecule has 11 nitrogen and oxygen atoms in total. The van der Waals surface area contributed by atoms with Crippen molar-refractivity contribution in [3.8, 4) is 0 Å². The number of aliphatic hydroxyl groups is 1. The summed E-state index contributed by atoms with van der Waals surface area (Å²) in [6.45, 7) is -0.399. The lowest BCUT2D eigenvalue weighted by atomic mass is 10.1. The van der Waals surface area contributed by atoms with Crippen LogP contribution in [0.25, 0.3) is 6.08 Å². The van der Waals surface area contributed by atoms with Gasteiger partial charge in [0.2, 0.25) is 0 Å². The van der Waals surface area contributed by atoms with Crippen molar-refractivity contribution in [2.24, 2.45) is 0 Å². The van der Waals surface area contributed by atoms with Crippen molar-refractivity contribution in [3.63, 3.8) is 0 Å². The fraction of sp³-hybridized carbons (Fsp3) is 0.156. The topological polar surface area (TPSA) is 143 Å². The van der Waals surface area contributed by atoms with Gasteiger partial charge in [-0.05, 0) is 48.5 Å². The van der Waals surface area contributed by atoms with Gasteiger partial charge in [0, 0.05) is 6.20 Å². The van der Waals surface area contributed by atoms with Crippen molar-refractivity contribution in [1.29, 1.82) is 0 Å². The quantitative estimate of drug-likeness (QED) is 0.175. The molecule has 0 bridgehead atoms. The number of esters is 3. The molecule has 5 rings (SSSR count). The highest BCUT2D eigenvalue weighted by Crippen LogP contribution is 2.34. The molecule has 0 radical (unpaired) electrons. The van der Waals surface area contributed by atoms with Crippen LogP contribution in [0.5, 0.6) is 0 Å². The average Bonchev–Trinajstić information content (AvgIpc) is 3.37. The third kappa shape index (κ3) is 6.85. The number of aromatic nitrogens is 2. The average molecular weight is 583 g/mol. The molecule has 0 saturated carbocycles. The summed E-state index contributed by atoms with van der Waals surface area (Å²) in [4.78, 5) is 56.1. The van der Waals surface area contributed by atoms with E-state index in [-0.39, 0.29) is 22.4 Å². The van der Waals surface area contributed by atoms with Gasteiger partial charge in [0.15, 0.2) is 18.4 Å². The first-order valence-corrected chi connectivity index (χ1v) is 13.2. The molecule has 3 aromatic carbocycles. The van der Waals surface area contributed by atoms with Crippen molar-refractivity contribution in [2.45, 2.75) is 24.5 Å². The fourth-order valence-corrected chi connectivity index (χ4v) is 4.47. The molecule has 4 aromatic rings. The van der Waals surface area contributed by atoms with Gasteiger partial charge in [0.05, 0.1) is 28.6 Å². The van der Waals surface area contributed by atoms with Gasteiger partial charge in [-0.3, -0.25) is 4.57 Å². The van der Waals surface area contributed by atoms with Gasteiger partial charge < -0.3 is 24.1 Å². The van der Waals surface area contributed by atoms with E-state index in [1.165, 1.54) is 18.3 Å². The number of hydrogen-bond donors (Lipinski definition) is 1. The first kappa shape index (κ1) is 29.0. The molecule has 1 aliphatic rings. The Kier molecular flexibility index (Phi) is 9.03. The van der Waals surface area contributed by atoms with Crippen molar-refractivity contribution in [2.75, 3.05) is 6.61 Å². The van der Waals surface area contributed by atoms with E-state index in [1.54, 1.807) is 91.0 Å². The summed E-state index contributed by atoms with van der Waals surface area (Å²) in [6.07, 6.45) is -1.86. The largest absolute Gasteiger partial charge is 0.516 e. The van der Waals surface area contributed by atoms with Gasteiger partial charge in [0.25, 0.3) is 0 Å². The molecule has 0 aliphatic carbocycles. The second-order valence-electron chi connectivity index (χ2n) is 9.36. The van der Waals surface area contributed by atoms with Gasteiger partial charge in [-0.25, -0.2) is 19.2 Å². The maximum Gasteiger partial charge on any atom is 0.350 e. The first-order chi connectivity index (χ1) is 20.9. The molecule has 4 atom stereocenters. The number of hydrogen-bond acceptors (Lipinski definition) is 10. The zero-order valence-corrected chi connectivity index (χ0v) is 22.6. The van der Waals surface area contributed by atoms with Gasteiger partial charge in [-0.1, -0.05) is 54.6 Å². The Labute approximate surface area is 245 Å². The van der Waals surface area contributed by atoms with Crippen LogP contribution in [0.3, 0.4) is 0 Å². The molecule has 43 heavy (non-hydrogen) atoms. The minimum atomic E-state index is -1.36. The molecule has 11 heteroatoms. The maximum atomic E-state index is 13.2. The molecule has 0 spiro atoms. The molecule has 2 heterocycles. The number of rotatable bonds is 9. The number of ether oxygens (including phenoxy) is 4. The number of carbonyl (C=O) groups excluding carboxylic acids is 3. The number of benzene rings is 3. The van der Waals surface area contributed by atoms with Gasteiger partial charge >= 0.3 is 23.6 Å². The molecular weight excluding hydrogens is 556 g/mol. The zero-order chi connectivity index (χ0) is 30.2. The van der Waals surface area contributed by atoms with E-state index in [4.69, 9.17) is 24.1 Å². The van der Waals surface area contributed by atoms with Crippen molar-refractivity contribution in [1.82, 2.24) is 9.55 Å². The van der Waals surface area contributed by atoms with E-state index in [9.17, 15) is 19.2 Å². The summed E-state index contributed by atoms with van der Waals surface area (Å²) in [5, 5.41) is 9.07. The van der Waals surface area contributed by atoms with Gasteiger partial charge in [-0.2, -0.15) is 4.98 Å². The van der Waals surface area contributed by atoms with Crippen LogP contribution in [0.4, 0.5) is 0 Å². The Morgan fingerprint density at radius 1 is 0.767 bits per heavy atom. The maximum absolute atomic E-state index is 13.2. The minimum Gasteiger partial charge on any atom is -0.516 e. The molecule has 0 unspecified atom stereocenters. The summed E-state index contributed by atoms with van der Waals surface area (Å²) in [5.74, 6) is -2.16. The molecule has 1 N–H and O–H groups in total.